The number of benzene rings is 1. The van der Waals surface area contributed by atoms with Gasteiger partial charge in [0.2, 0.25) is 0 Å². The van der Waals surface area contributed by atoms with Crippen molar-refractivity contribution < 1.29 is 9.90 Å². The molecule has 0 unspecified atom stereocenters. The average Bonchev–Trinajstić information content (AvgIpc) is 3.08. The van der Waals surface area contributed by atoms with E-state index < -0.39 is 0 Å². The average molecular weight is 361 g/mol. The molecule has 1 aliphatic rings. The standard InChI is InChI=1S/C20H19N5O2/c21-19-16(14-5-3-13(4-6-14)2-1-11-26)12-25(24-19)20-18-15(7-9-23-20)17(27)8-10-22-18/h3-7,9-10,12,26H,1-2,8,11H2,(H2,21,24). The maximum atomic E-state index is 12.1. The molecular weight excluding hydrogens is 342 g/mol. The van der Waals surface area contributed by atoms with Crippen molar-refractivity contribution in [1.82, 2.24) is 14.8 Å². The van der Waals surface area contributed by atoms with Crippen molar-refractivity contribution in [2.24, 2.45) is 4.99 Å². The van der Waals surface area contributed by atoms with Gasteiger partial charge in [-0.2, -0.15) is 0 Å². The van der Waals surface area contributed by atoms with Crippen LogP contribution in [0, 0.1) is 0 Å². The molecule has 0 spiro atoms. The summed E-state index contributed by atoms with van der Waals surface area (Å²) < 4.78 is 1.57. The lowest BCUT2D eigenvalue weighted by Gasteiger charge is -2.11. The first-order chi connectivity index (χ1) is 13.2. The number of pyridine rings is 1. The third-order valence-electron chi connectivity index (χ3n) is 4.55. The Morgan fingerprint density at radius 3 is 2.74 bits per heavy atom. The minimum Gasteiger partial charge on any atom is -0.396 e. The largest absolute Gasteiger partial charge is 0.396 e. The van der Waals surface area contributed by atoms with Crippen molar-refractivity contribution in [1.29, 1.82) is 0 Å². The molecule has 4 rings (SSSR count). The quantitative estimate of drug-likeness (QED) is 0.727. The van der Waals surface area contributed by atoms with Gasteiger partial charge >= 0.3 is 0 Å². The van der Waals surface area contributed by atoms with Crippen LogP contribution in [0.1, 0.15) is 28.8 Å². The molecule has 1 aromatic carbocycles. The van der Waals surface area contributed by atoms with Gasteiger partial charge in [-0.05, 0) is 30.0 Å². The first kappa shape index (κ1) is 17.1. The molecule has 0 aliphatic carbocycles. The summed E-state index contributed by atoms with van der Waals surface area (Å²) in [5, 5.41) is 13.3. The molecular formula is C20H19N5O2. The lowest BCUT2D eigenvalue weighted by molar-refractivity contribution is 0.100. The van der Waals surface area contributed by atoms with Gasteiger partial charge in [0.25, 0.3) is 0 Å². The second kappa shape index (κ2) is 7.13. The Labute approximate surface area is 156 Å². The number of aryl methyl sites for hydroxylation is 1. The Morgan fingerprint density at radius 1 is 1.15 bits per heavy atom. The van der Waals surface area contributed by atoms with Gasteiger partial charge in [0, 0.05) is 42.8 Å². The van der Waals surface area contributed by atoms with E-state index in [-0.39, 0.29) is 12.4 Å². The Hall–Kier alpha value is -3.32. The zero-order valence-electron chi connectivity index (χ0n) is 14.7. The van der Waals surface area contributed by atoms with Crippen molar-refractivity contribution in [2.45, 2.75) is 19.3 Å². The van der Waals surface area contributed by atoms with Gasteiger partial charge in [-0.1, -0.05) is 24.3 Å². The van der Waals surface area contributed by atoms with Crippen LogP contribution in [-0.2, 0) is 6.42 Å². The first-order valence-electron chi connectivity index (χ1n) is 8.78. The number of rotatable bonds is 5. The Balaban J connectivity index is 1.70. The second-order valence-electron chi connectivity index (χ2n) is 6.37. The summed E-state index contributed by atoms with van der Waals surface area (Å²) >= 11 is 0. The Kier molecular flexibility index (Phi) is 4.52. The highest BCUT2D eigenvalue weighted by Gasteiger charge is 2.20. The van der Waals surface area contributed by atoms with Crippen molar-refractivity contribution in [3.05, 3.63) is 53.9 Å². The van der Waals surface area contributed by atoms with Crippen molar-refractivity contribution in [3.8, 4) is 16.9 Å². The lowest BCUT2D eigenvalue weighted by Crippen LogP contribution is -2.09. The molecule has 0 saturated heterocycles. The van der Waals surface area contributed by atoms with Gasteiger partial charge in [-0.25, -0.2) is 9.67 Å². The SMILES string of the molecule is Nc1nn(-c2nccc3c2N=CCC3=O)cc1-c1ccc(CCCO)cc1. The molecule has 136 valence electrons. The number of aliphatic hydroxyl groups is 1. The van der Waals surface area contributed by atoms with E-state index >= 15 is 0 Å². The third-order valence-corrected chi connectivity index (χ3v) is 4.55. The number of anilines is 1. The number of fused-ring (bicyclic) bond motifs is 1. The molecule has 7 nitrogen and oxygen atoms in total. The number of aromatic nitrogens is 3. The van der Waals surface area contributed by atoms with Gasteiger partial charge in [-0.3, -0.25) is 9.79 Å². The van der Waals surface area contributed by atoms with Crippen molar-refractivity contribution in [2.75, 3.05) is 12.3 Å². The number of nitrogens with zero attached hydrogens (tertiary/aromatic N) is 4. The van der Waals surface area contributed by atoms with Crippen molar-refractivity contribution in [3.63, 3.8) is 0 Å². The van der Waals surface area contributed by atoms with E-state index in [1.54, 1.807) is 29.4 Å². The summed E-state index contributed by atoms with van der Waals surface area (Å²) in [6.45, 7) is 0.181. The number of aliphatic imine (C=N–C) groups is 1. The third kappa shape index (κ3) is 3.24. The predicted molar refractivity (Wildman–Crippen MR) is 104 cm³/mol. The molecule has 2 aromatic heterocycles. The number of carbonyl (C=O) groups excluding carboxylic acids is 1. The van der Waals surface area contributed by atoms with E-state index in [1.165, 1.54) is 0 Å². The molecule has 3 aromatic rings. The highest BCUT2D eigenvalue weighted by molar-refractivity contribution is 6.10. The molecule has 27 heavy (non-hydrogen) atoms. The number of carbonyl (C=O) groups is 1. The van der Waals surface area contributed by atoms with E-state index in [9.17, 15) is 4.79 Å². The Bertz CT molecular complexity index is 1020. The van der Waals surface area contributed by atoms with Crippen LogP contribution < -0.4 is 5.73 Å². The minimum absolute atomic E-state index is 0.0162. The molecule has 1 aliphatic heterocycles. The van der Waals surface area contributed by atoms with Crippen LogP contribution >= 0.6 is 0 Å². The van der Waals surface area contributed by atoms with Crippen LogP contribution in [0.5, 0.6) is 0 Å². The van der Waals surface area contributed by atoms with Crippen molar-refractivity contribution >= 4 is 23.5 Å². The van der Waals surface area contributed by atoms with Crippen LogP contribution in [0.15, 0.2) is 47.7 Å². The molecule has 0 radical (unpaired) electrons. The number of nitrogen functional groups attached to an aromatic ring is 1. The van der Waals surface area contributed by atoms with E-state index in [4.69, 9.17) is 10.8 Å². The lowest BCUT2D eigenvalue weighted by atomic mass is 10.0. The minimum atomic E-state index is 0.0162. The van der Waals surface area contributed by atoms with E-state index in [2.05, 4.69) is 15.1 Å². The summed E-state index contributed by atoms with van der Waals surface area (Å²) in [7, 11) is 0. The number of ketones is 1. The molecule has 0 amide bonds. The van der Waals surface area contributed by atoms with Crippen LogP contribution in [0.25, 0.3) is 16.9 Å². The fraction of sp³-hybridized carbons (Fsp3) is 0.200. The van der Waals surface area contributed by atoms with E-state index in [1.807, 2.05) is 24.3 Å². The van der Waals surface area contributed by atoms with Crippen LogP contribution in [-0.4, -0.2) is 38.5 Å². The topological polar surface area (TPSA) is 106 Å². The molecule has 0 atom stereocenters. The summed E-state index contributed by atoms with van der Waals surface area (Å²) in [4.78, 5) is 20.8. The zero-order chi connectivity index (χ0) is 18.8. The van der Waals surface area contributed by atoms with E-state index in [0.717, 1.165) is 29.5 Å². The first-order valence-corrected chi connectivity index (χ1v) is 8.78. The smallest absolute Gasteiger partial charge is 0.180 e. The maximum absolute atomic E-state index is 12.1. The summed E-state index contributed by atoms with van der Waals surface area (Å²) in [6, 6.07) is 9.69. The van der Waals surface area contributed by atoms with Gasteiger partial charge in [0.15, 0.2) is 17.4 Å². The highest BCUT2D eigenvalue weighted by atomic mass is 16.2. The number of hydrogen-bond donors (Lipinski definition) is 2. The van der Waals surface area contributed by atoms with Gasteiger partial charge in [0.05, 0.1) is 0 Å². The molecule has 0 saturated carbocycles. The number of aliphatic hydroxyl groups excluding tert-OH is 1. The van der Waals surface area contributed by atoms with Crippen LogP contribution in [0.3, 0.4) is 0 Å². The number of hydrogen-bond acceptors (Lipinski definition) is 6. The fourth-order valence-corrected chi connectivity index (χ4v) is 3.14. The van der Waals surface area contributed by atoms with Crippen LogP contribution in [0.2, 0.25) is 0 Å². The summed E-state index contributed by atoms with van der Waals surface area (Å²) in [5.41, 5.74) is 10.1. The van der Waals surface area contributed by atoms with Crippen LogP contribution in [0.4, 0.5) is 11.5 Å². The maximum Gasteiger partial charge on any atom is 0.180 e. The predicted octanol–water partition coefficient (Wildman–Crippen LogP) is 2.73. The number of Topliss-reactive ketones (excluding diaryl/α,β-unsaturated/α-hetero) is 1. The summed E-state index contributed by atoms with van der Waals surface area (Å²) in [6.07, 6.45) is 6.84. The normalized spacial score (nSPS) is 13.0. The van der Waals surface area contributed by atoms with E-state index in [0.29, 0.717) is 29.3 Å². The van der Waals surface area contributed by atoms with Gasteiger partial charge in [0.1, 0.15) is 5.69 Å². The Morgan fingerprint density at radius 2 is 1.96 bits per heavy atom. The molecule has 3 N–H and O–H groups in total. The van der Waals surface area contributed by atoms with Gasteiger partial charge < -0.3 is 10.8 Å². The monoisotopic (exact) mass is 361 g/mol. The summed E-state index contributed by atoms with van der Waals surface area (Å²) in [5.74, 6) is 0.875. The molecule has 7 heteroatoms. The molecule has 0 bridgehead atoms. The molecule has 3 heterocycles. The zero-order valence-corrected chi connectivity index (χ0v) is 14.7. The molecule has 0 fully saturated rings. The number of nitrogens with two attached hydrogens (primary N) is 1. The second-order valence-corrected chi connectivity index (χ2v) is 6.37. The van der Waals surface area contributed by atoms with Gasteiger partial charge in [-0.15, -0.1) is 5.10 Å². The highest BCUT2D eigenvalue weighted by Crippen LogP contribution is 2.32. The fourth-order valence-electron chi connectivity index (χ4n) is 3.14.